The molecule has 0 aromatic heterocycles. The van der Waals surface area contributed by atoms with Crippen molar-refractivity contribution in [1.29, 1.82) is 0 Å². The van der Waals surface area contributed by atoms with Crippen molar-refractivity contribution < 1.29 is 9.47 Å². The minimum absolute atomic E-state index is 0.419. The maximum atomic E-state index is 5.83. The summed E-state index contributed by atoms with van der Waals surface area (Å²) in [6.07, 6.45) is 5.15. The van der Waals surface area contributed by atoms with Gasteiger partial charge in [-0.05, 0) is 38.8 Å². The average Bonchev–Trinajstić information content (AvgIpc) is 2.53. The second-order valence-corrected chi connectivity index (χ2v) is 5.76. The molecule has 1 aliphatic heterocycles. The van der Waals surface area contributed by atoms with Crippen LogP contribution in [0.2, 0.25) is 0 Å². The number of benzene rings is 1. The molecule has 1 unspecified atom stereocenters. The van der Waals surface area contributed by atoms with Gasteiger partial charge in [0.25, 0.3) is 0 Å². The topological polar surface area (TPSA) is 47.7 Å². The van der Waals surface area contributed by atoms with E-state index in [1.54, 1.807) is 0 Å². The Bertz CT molecular complexity index is 406. The molecule has 2 rings (SSSR count). The van der Waals surface area contributed by atoms with E-state index in [0.717, 1.165) is 44.0 Å². The Morgan fingerprint density at radius 2 is 2.19 bits per heavy atom. The molecule has 0 bridgehead atoms. The summed E-state index contributed by atoms with van der Waals surface area (Å²) < 4.78 is 11.6. The van der Waals surface area contributed by atoms with Gasteiger partial charge in [0.1, 0.15) is 5.75 Å². The molecule has 4 heteroatoms. The van der Waals surface area contributed by atoms with Crippen LogP contribution in [0.4, 0.5) is 0 Å². The van der Waals surface area contributed by atoms with Crippen LogP contribution in [0.15, 0.2) is 24.3 Å². The minimum Gasteiger partial charge on any atom is -0.493 e. The molecule has 0 spiro atoms. The van der Waals surface area contributed by atoms with E-state index in [9.17, 15) is 0 Å². The van der Waals surface area contributed by atoms with E-state index in [4.69, 9.17) is 15.2 Å². The van der Waals surface area contributed by atoms with Crippen molar-refractivity contribution in [1.82, 2.24) is 4.90 Å². The second kappa shape index (κ2) is 9.03. The first-order valence-electron chi connectivity index (χ1n) is 8.00. The first-order valence-corrected chi connectivity index (χ1v) is 8.00. The van der Waals surface area contributed by atoms with Crippen molar-refractivity contribution in [3.05, 3.63) is 29.8 Å². The Balaban J connectivity index is 1.62. The van der Waals surface area contributed by atoms with Gasteiger partial charge in [0.2, 0.25) is 0 Å². The molecule has 1 heterocycles. The summed E-state index contributed by atoms with van der Waals surface area (Å²) in [7, 11) is 2.16. The Morgan fingerprint density at radius 3 is 2.95 bits per heavy atom. The lowest BCUT2D eigenvalue weighted by Gasteiger charge is -2.27. The zero-order chi connectivity index (χ0) is 14.9. The lowest BCUT2D eigenvalue weighted by atomic mass is 10.1. The number of likely N-dealkylation sites (N-methyl/N-ethyl adjacent to an activating group) is 1. The van der Waals surface area contributed by atoms with Gasteiger partial charge in [0, 0.05) is 31.8 Å². The normalized spacial score (nSPS) is 18.9. The summed E-state index contributed by atoms with van der Waals surface area (Å²) in [5.41, 5.74) is 6.78. The molecule has 0 amide bonds. The lowest BCUT2D eigenvalue weighted by molar-refractivity contribution is -0.00193. The Hall–Kier alpha value is -1.10. The quantitative estimate of drug-likeness (QED) is 0.748. The fourth-order valence-corrected chi connectivity index (χ4v) is 2.72. The largest absolute Gasteiger partial charge is 0.493 e. The molecule has 21 heavy (non-hydrogen) atoms. The van der Waals surface area contributed by atoms with Crippen LogP contribution in [0.1, 0.15) is 31.2 Å². The highest BCUT2D eigenvalue weighted by atomic mass is 16.5. The summed E-state index contributed by atoms with van der Waals surface area (Å²) in [6, 6.07) is 7.98. The maximum Gasteiger partial charge on any atom is 0.123 e. The number of hydrogen-bond acceptors (Lipinski definition) is 4. The molecular weight excluding hydrogens is 264 g/mol. The summed E-state index contributed by atoms with van der Waals surface area (Å²) in [5.74, 6) is 0.915. The third-order valence-corrected chi connectivity index (χ3v) is 3.92. The van der Waals surface area contributed by atoms with Crippen LogP contribution in [0.3, 0.4) is 0 Å². The summed E-state index contributed by atoms with van der Waals surface area (Å²) >= 11 is 0. The van der Waals surface area contributed by atoms with Gasteiger partial charge in [-0.2, -0.15) is 0 Å². The molecule has 1 fully saturated rings. The third-order valence-electron chi connectivity index (χ3n) is 3.92. The number of nitrogens with two attached hydrogens (primary N) is 1. The van der Waals surface area contributed by atoms with Crippen LogP contribution in [-0.2, 0) is 11.3 Å². The van der Waals surface area contributed by atoms with E-state index in [2.05, 4.69) is 11.9 Å². The Labute approximate surface area is 128 Å². The summed E-state index contributed by atoms with van der Waals surface area (Å²) in [5, 5.41) is 0. The highest BCUT2D eigenvalue weighted by Gasteiger charge is 2.15. The van der Waals surface area contributed by atoms with Crippen LogP contribution in [0.25, 0.3) is 0 Å². The molecule has 1 saturated heterocycles. The predicted molar refractivity (Wildman–Crippen MR) is 85.5 cm³/mol. The maximum absolute atomic E-state index is 5.83. The number of ether oxygens (including phenoxy) is 2. The van der Waals surface area contributed by atoms with Crippen molar-refractivity contribution in [2.75, 3.05) is 33.4 Å². The summed E-state index contributed by atoms with van der Waals surface area (Å²) in [4.78, 5) is 2.34. The molecule has 1 aromatic rings. The lowest BCUT2D eigenvalue weighted by Crippen LogP contribution is -2.34. The number of nitrogens with zero attached hydrogens (tertiary/aromatic N) is 1. The van der Waals surface area contributed by atoms with Gasteiger partial charge in [-0.15, -0.1) is 0 Å². The second-order valence-electron chi connectivity index (χ2n) is 5.76. The van der Waals surface area contributed by atoms with Crippen LogP contribution in [0.5, 0.6) is 5.75 Å². The van der Waals surface area contributed by atoms with Gasteiger partial charge in [-0.3, -0.25) is 0 Å². The molecule has 1 atom stereocenters. The SMILES string of the molecule is CN(CCCOc1ccccc1CN)CC1CCCCO1. The molecule has 118 valence electrons. The number of rotatable bonds is 8. The van der Waals surface area contributed by atoms with Crippen molar-refractivity contribution >= 4 is 0 Å². The smallest absolute Gasteiger partial charge is 0.123 e. The van der Waals surface area contributed by atoms with E-state index in [1.807, 2.05) is 24.3 Å². The van der Waals surface area contributed by atoms with Gasteiger partial charge in [-0.25, -0.2) is 0 Å². The van der Waals surface area contributed by atoms with E-state index < -0.39 is 0 Å². The monoisotopic (exact) mass is 292 g/mol. The first kappa shape index (κ1) is 16.3. The van der Waals surface area contributed by atoms with Gasteiger partial charge in [-0.1, -0.05) is 18.2 Å². The fraction of sp³-hybridized carbons (Fsp3) is 0.647. The molecular formula is C17H28N2O2. The molecule has 0 radical (unpaired) electrons. The van der Waals surface area contributed by atoms with Crippen LogP contribution in [0, 0.1) is 0 Å². The highest BCUT2D eigenvalue weighted by Crippen LogP contribution is 2.17. The standard InChI is InChI=1S/C17H28N2O2/c1-19(14-16-8-4-5-11-20-16)10-6-12-21-17-9-3-2-7-15(17)13-18/h2-3,7,9,16H,4-6,8,10-14,18H2,1H3. The Morgan fingerprint density at radius 1 is 1.33 bits per heavy atom. The summed E-state index contributed by atoms with van der Waals surface area (Å²) in [6.45, 7) is 4.24. The van der Waals surface area contributed by atoms with E-state index >= 15 is 0 Å². The van der Waals surface area contributed by atoms with Crippen molar-refractivity contribution in [3.63, 3.8) is 0 Å². The zero-order valence-corrected chi connectivity index (χ0v) is 13.1. The van der Waals surface area contributed by atoms with E-state index in [1.165, 1.54) is 19.3 Å². The van der Waals surface area contributed by atoms with Gasteiger partial charge in [0.15, 0.2) is 0 Å². The number of hydrogen-bond donors (Lipinski definition) is 1. The van der Waals surface area contributed by atoms with Crippen LogP contribution < -0.4 is 10.5 Å². The molecule has 1 aromatic carbocycles. The minimum atomic E-state index is 0.419. The third kappa shape index (κ3) is 5.65. The molecule has 2 N–H and O–H groups in total. The predicted octanol–water partition coefficient (Wildman–Crippen LogP) is 2.42. The van der Waals surface area contributed by atoms with Crippen molar-refractivity contribution in [2.45, 2.75) is 38.3 Å². The average molecular weight is 292 g/mol. The van der Waals surface area contributed by atoms with Crippen molar-refractivity contribution in [3.8, 4) is 5.75 Å². The van der Waals surface area contributed by atoms with E-state index in [0.29, 0.717) is 12.6 Å². The molecule has 1 aliphatic rings. The van der Waals surface area contributed by atoms with Crippen molar-refractivity contribution in [2.24, 2.45) is 5.73 Å². The van der Waals surface area contributed by atoms with Gasteiger partial charge in [0.05, 0.1) is 12.7 Å². The van der Waals surface area contributed by atoms with Gasteiger partial charge >= 0.3 is 0 Å². The van der Waals surface area contributed by atoms with Gasteiger partial charge < -0.3 is 20.1 Å². The fourth-order valence-electron chi connectivity index (χ4n) is 2.72. The van der Waals surface area contributed by atoms with Crippen LogP contribution >= 0.6 is 0 Å². The Kier molecular flexibility index (Phi) is 7.00. The molecule has 0 aliphatic carbocycles. The number of para-hydroxylation sites is 1. The highest BCUT2D eigenvalue weighted by molar-refractivity contribution is 5.32. The first-order chi connectivity index (χ1) is 10.3. The van der Waals surface area contributed by atoms with Crippen LogP contribution in [-0.4, -0.2) is 44.4 Å². The van der Waals surface area contributed by atoms with E-state index in [-0.39, 0.29) is 0 Å². The zero-order valence-electron chi connectivity index (χ0n) is 13.1. The molecule has 4 nitrogen and oxygen atoms in total. The molecule has 0 saturated carbocycles.